The number of carbonyl (C=O) groups is 4. The molecule has 0 saturated heterocycles. The van der Waals surface area contributed by atoms with Crippen molar-refractivity contribution in [1.82, 2.24) is 4.90 Å². The molecule has 4 N–H and O–H groups in total. The maximum absolute atomic E-state index is 13.4. The van der Waals surface area contributed by atoms with E-state index in [9.17, 15) is 29.4 Å². The Bertz CT molecular complexity index is 1240. The SMILES string of the molecule is CCCCCCCCCCCCCCCC(=O)OCC(CN(CCCCC(N)C(=O)OCC)CC(O)CC(CCCCCCCCCCCCCC)C(=O)O)OC(=O)CCCCCCCCCCCCCCC. The van der Waals surface area contributed by atoms with E-state index in [1.54, 1.807) is 6.92 Å². The average molecular weight is 1040 g/mol. The van der Waals surface area contributed by atoms with Gasteiger partial charge in [-0.05, 0) is 52.0 Å². The van der Waals surface area contributed by atoms with Crippen molar-refractivity contribution in [3.8, 4) is 0 Å². The van der Waals surface area contributed by atoms with E-state index < -0.39 is 36.1 Å². The summed E-state index contributed by atoms with van der Waals surface area (Å²) in [5.74, 6) is -2.62. The smallest absolute Gasteiger partial charge is 0.322 e. The number of aliphatic hydroxyl groups excluding tert-OH is 1. The van der Waals surface area contributed by atoms with Crippen LogP contribution in [0.5, 0.6) is 0 Å². The maximum Gasteiger partial charge on any atom is 0.322 e. The Morgan fingerprint density at radius 1 is 0.452 bits per heavy atom. The van der Waals surface area contributed by atoms with E-state index in [-0.39, 0.29) is 51.1 Å². The third-order valence-corrected chi connectivity index (χ3v) is 14.8. The predicted molar refractivity (Wildman–Crippen MR) is 304 cm³/mol. The molecule has 0 saturated carbocycles. The number of aliphatic hydroxyl groups is 1. The summed E-state index contributed by atoms with van der Waals surface area (Å²) in [5.41, 5.74) is 6.11. The highest BCUT2D eigenvalue weighted by molar-refractivity contribution is 5.75. The molecule has 0 aromatic heterocycles. The second-order valence-corrected chi connectivity index (χ2v) is 22.0. The van der Waals surface area contributed by atoms with Crippen LogP contribution in [0.4, 0.5) is 0 Å². The molecule has 0 aromatic rings. The van der Waals surface area contributed by atoms with Crippen LogP contribution < -0.4 is 5.73 Å². The minimum absolute atomic E-state index is 0.0847. The van der Waals surface area contributed by atoms with E-state index in [0.29, 0.717) is 38.6 Å². The normalized spacial score (nSPS) is 13.2. The number of hydrogen-bond acceptors (Lipinski definition) is 10. The topological polar surface area (TPSA) is 166 Å². The number of aliphatic carboxylic acids is 1. The van der Waals surface area contributed by atoms with Crippen LogP contribution in [0.15, 0.2) is 0 Å². The second-order valence-electron chi connectivity index (χ2n) is 22.0. The number of carbonyl (C=O) groups excluding carboxylic acids is 3. The van der Waals surface area contributed by atoms with Gasteiger partial charge < -0.3 is 30.2 Å². The summed E-state index contributed by atoms with van der Waals surface area (Å²) in [4.78, 5) is 53.1. The van der Waals surface area contributed by atoms with E-state index in [0.717, 1.165) is 57.8 Å². The molecule has 11 nitrogen and oxygen atoms in total. The molecule has 4 unspecified atom stereocenters. The minimum Gasteiger partial charge on any atom is -0.481 e. The summed E-state index contributed by atoms with van der Waals surface area (Å²) < 4.78 is 17.0. The van der Waals surface area contributed by atoms with Gasteiger partial charge in [0.05, 0.1) is 18.6 Å². The number of ether oxygens (including phenoxy) is 3. The quantitative estimate of drug-likeness (QED) is 0.0301. The van der Waals surface area contributed by atoms with E-state index in [2.05, 4.69) is 20.8 Å². The molecule has 0 rings (SSSR count). The number of esters is 3. The number of hydrogen-bond donors (Lipinski definition) is 3. The molecule has 432 valence electrons. The Hall–Kier alpha value is -2.24. The standard InChI is InChI=1S/C62H120N2O9/c1-5-9-12-15-18-21-24-27-30-33-36-39-42-48-59(66)72-54-57(73-60(67)49-43-40-37-34-31-28-25-22-19-16-13-10-6-2)53-64(50-45-44-47-58(63)62(70)71-8-4)52-56(65)51-55(61(68)69)46-41-38-35-32-29-26-23-20-17-14-11-7-3/h55-58,65H,5-54,63H2,1-4H3,(H,68,69). The van der Waals surface area contributed by atoms with Crippen molar-refractivity contribution in [2.24, 2.45) is 11.7 Å². The number of rotatable bonds is 58. The summed E-state index contributed by atoms with van der Waals surface area (Å²) in [6, 6.07) is -0.733. The van der Waals surface area contributed by atoms with Gasteiger partial charge in [0.1, 0.15) is 18.8 Å². The van der Waals surface area contributed by atoms with E-state index in [4.69, 9.17) is 19.9 Å². The van der Waals surface area contributed by atoms with Gasteiger partial charge in [-0.3, -0.25) is 24.1 Å². The van der Waals surface area contributed by atoms with Gasteiger partial charge in [-0.1, -0.05) is 258 Å². The number of nitrogens with two attached hydrogens (primary N) is 1. The summed E-state index contributed by atoms with van der Waals surface area (Å²) in [7, 11) is 0. The molecule has 0 aliphatic carbocycles. The molecule has 0 fully saturated rings. The number of carboxylic acid groups (broad SMARTS) is 1. The molecule has 0 aromatic carbocycles. The maximum atomic E-state index is 13.4. The van der Waals surface area contributed by atoms with Crippen molar-refractivity contribution in [2.75, 3.05) is 32.8 Å². The van der Waals surface area contributed by atoms with Gasteiger partial charge in [-0.2, -0.15) is 0 Å². The van der Waals surface area contributed by atoms with Crippen LogP contribution in [-0.4, -0.2) is 90.1 Å². The zero-order chi connectivity index (χ0) is 53.7. The molecule has 0 heterocycles. The highest BCUT2D eigenvalue weighted by atomic mass is 16.6. The first-order valence-electron chi connectivity index (χ1n) is 31.5. The Kier molecular flexibility index (Phi) is 52.9. The van der Waals surface area contributed by atoms with Gasteiger partial charge in [-0.15, -0.1) is 0 Å². The van der Waals surface area contributed by atoms with Crippen LogP contribution in [0.25, 0.3) is 0 Å². The Labute approximate surface area is 450 Å². The van der Waals surface area contributed by atoms with Gasteiger partial charge in [0.15, 0.2) is 0 Å². The Balaban J connectivity index is 5.47. The van der Waals surface area contributed by atoms with Crippen molar-refractivity contribution >= 4 is 23.9 Å². The number of carboxylic acids is 1. The first-order valence-corrected chi connectivity index (χ1v) is 31.5. The van der Waals surface area contributed by atoms with Gasteiger partial charge in [-0.25, -0.2) is 0 Å². The molecule has 0 amide bonds. The van der Waals surface area contributed by atoms with Gasteiger partial charge in [0.25, 0.3) is 0 Å². The molecule has 0 aliphatic heterocycles. The third-order valence-electron chi connectivity index (χ3n) is 14.8. The highest BCUT2D eigenvalue weighted by Gasteiger charge is 2.26. The van der Waals surface area contributed by atoms with Crippen LogP contribution in [0.1, 0.15) is 317 Å². The lowest BCUT2D eigenvalue weighted by molar-refractivity contribution is -0.160. The van der Waals surface area contributed by atoms with Crippen molar-refractivity contribution in [3.63, 3.8) is 0 Å². The third kappa shape index (κ3) is 49.1. The predicted octanol–water partition coefficient (Wildman–Crippen LogP) is 16.3. The Morgan fingerprint density at radius 3 is 1.22 bits per heavy atom. The lowest BCUT2D eigenvalue weighted by Gasteiger charge is -2.30. The highest BCUT2D eigenvalue weighted by Crippen LogP contribution is 2.21. The van der Waals surface area contributed by atoms with Crippen LogP contribution in [-0.2, 0) is 33.4 Å². The van der Waals surface area contributed by atoms with E-state index in [1.165, 1.54) is 186 Å². The zero-order valence-electron chi connectivity index (χ0n) is 48.4. The first-order chi connectivity index (χ1) is 35.6. The fourth-order valence-corrected chi connectivity index (χ4v) is 10.1. The lowest BCUT2D eigenvalue weighted by atomic mass is 9.94. The molecule has 11 heteroatoms. The Morgan fingerprint density at radius 2 is 0.822 bits per heavy atom. The summed E-state index contributed by atoms with van der Waals surface area (Å²) in [6.45, 7) is 9.56. The second kappa shape index (κ2) is 54.5. The van der Waals surface area contributed by atoms with Gasteiger partial charge in [0.2, 0.25) is 0 Å². The van der Waals surface area contributed by atoms with Crippen LogP contribution in [0, 0.1) is 5.92 Å². The average Bonchev–Trinajstić information content (AvgIpc) is 3.37. The van der Waals surface area contributed by atoms with Gasteiger partial charge in [0, 0.05) is 25.9 Å². The largest absolute Gasteiger partial charge is 0.481 e. The van der Waals surface area contributed by atoms with Crippen molar-refractivity contribution in [3.05, 3.63) is 0 Å². The van der Waals surface area contributed by atoms with E-state index >= 15 is 0 Å². The lowest BCUT2D eigenvalue weighted by Crippen LogP contribution is -2.43. The first kappa shape index (κ1) is 70.8. The summed E-state index contributed by atoms with van der Waals surface area (Å²) in [5, 5.41) is 21.7. The molecular formula is C62H120N2O9. The molecule has 4 atom stereocenters. The summed E-state index contributed by atoms with van der Waals surface area (Å²) >= 11 is 0. The molecule has 0 bridgehead atoms. The molecule has 73 heavy (non-hydrogen) atoms. The summed E-state index contributed by atoms with van der Waals surface area (Å²) in [6.07, 6.45) is 47.4. The van der Waals surface area contributed by atoms with E-state index in [1.807, 2.05) is 4.90 Å². The van der Waals surface area contributed by atoms with Crippen molar-refractivity contribution in [1.29, 1.82) is 0 Å². The van der Waals surface area contributed by atoms with Crippen molar-refractivity contribution < 1.29 is 43.6 Å². The van der Waals surface area contributed by atoms with Crippen LogP contribution in [0.2, 0.25) is 0 Å². The molecular weight excluding hydrogens is 917 g/mol. The van der Waals surface area contributed by atoms with Crippen molar-refractivity contribution in [2.45, 2.75) is 335 Å². The van der Waals surface area contributed by atoms with Crippen LogP contribution in [0.3, 0.4) is 0 Å². The number of unbranched alkanes of at least 4 members (excludes halogenated alkanes) is 36. The fourth-order valence-electron chi connectivity index (χ4n) is 10.1. The van der Waals surface area contributed by atoms with Crippen LogP contribution >= 0.6 is 0 Å². The fraction of sp³-hybridized carbons (Fsp3) is 0.935. The molecule has 0 aliphatic rings. The van der Waals surface area contributed by atoms with Gasteiger partial charge >= 0.3 is 23.9 Å². The zero-order valence-corrected chi connectivity index (χ0v) is 48.4. The monoisotopic (exact) mass is 1040 g/mol. The molecule has 0 radical (unpaired) electrons. The molecule has 0 spiro atoms. The number of nitrogens with zero attached hydrogens (tertiary/aromatic N) is 1. The minimum atomic E-state index is -0.930.